The van der Waals surface area contributed by atoms with Crippen LogP contribution >= 0.6 is 11.3 Å². The van der Waals surface area contributed by atoms with Crippen LogP contribution in [0.15, 0.2) is 72.9 Å². The number of carbonyl (C=O) groups excluding carboxylic acids is 1. The first-order chi connectivity index (χ1) is 13.7. The standard InChI is InChI=1S/C22H19N3O2S/c1-2-27-18-11-12-19-20(14-18)28-22(24-19)25(15-17-10-6-7-13-23-17)21(26)16-8-4-3-5-9-16/h3-14H,2,15H2,1H3. The maximum absolute atomic E-state index is 13.2. The predicted molar refractivity (Wildman–Crippen MR) is 112 cm³/mol. The van der Waals surface area contributed by atoms with E-state index in [-0.39, 0.29) is 5.91 Å². The maximum atomic E-state index is 13.2. The molecule has 6 heteroatoms. The minimum atomic E-state index is -0.102. The molecule has 0 bridgehead atoms. The number of ether oxygens (including phenoxy) is 1. The van der Waals surface area contributed by atoms with Gasteiger partial charge in [-0.25, -0.2) is 4.98 Å². The molecule has 4 aromatic rings. The molecule has 1 amide bonds. The number of fused-ring (bicyclic) bond motifs is 1. The molecule has 0 saturated heterocycles. The number of hydrogen-bond donors (Lipinski definition) is 0. The van der Waals surface area contributed by atoms with Crippen molar-refractivity contribution in [3.63, 3.8) is 0 Å². The summed E-state index contributed by atoms with van der Waals surface area (Å²) in [6, 6.07) is 20.7. The Morgan fingerprint density at radius 1 is 1.07 bits per heavy atom. The molecule has 2 aromatic heterocycles. The van der Waals surface area contributed by atoms with Crippen LogP contribution in [0.1, 0.15) is 23.0 Å². The Morgan fingerprint density at radius 2 is 1.89 bits per heavy atom. The van der Waals surface area contributed by atoms with Gasteiger partial charge >= 0.3 is 0 Å². The zero-order valence-corrected chi connectivity index (χ0v) is 16.2. The third-order valence-corrected chi connectivity index (χ3v) is 5.24. The molecule has 0 saturated carbocycles. The van der Waals surface area contributed by atoms with Gasteiger partial charge in [0.1, 0.15) is 5.75 Å². The molecule has 140 valence electrons. The van der Waals surface area contributed by atoms with E-state index in [1.54, 1.807) is 11.1 Å². The van der Waals surface area contributed by atoms with E-state index in [1.807, 2.05) is 73.7 Å². The van der Waals surface area contributed by atoms with Crippen molar-refractivity contribution in [2.75, 3.05) is 11.5 Å². The summed E-state index contributed by atoms with van der Waals surface area (Å²) in [6.07, 6.45) is 1.73. The second kappa shape index (κ2) is 8.19. The molecule has 0 unspecified atom stereocenters. The molecule has 28 heavy (non-hydrogen) atoms. The summed E-state index contributed by atoms with van der Waals surface area (Å²) in [4.78, 5) is 24.0. The van der Waals surface area contributed by atoms with E-state index in [1.165, 1.54) is 11.3 Å². The Labute approximate surface area is 167 Å². The molecule has 5 nitrogen and oxygen atoms in total. The number of hydrogen-bond acceptors (Lipinski definition) is 5. The molecule has 0 atom stereocenters. The fraction of sp³-hybridized carbons (Fsp3) is 0.136. The van der Waals surface area contributed by atoms with Gasteiger partial charge in [0.05, 0.1) is 29.1 Å². The van der Waals surface area contributed by atoms with Crippen LogP contribution in [0.2, 0.25) is 0 Å². The topological polar surface area (TPSA) is 55.3 Å². The molecule has 0 spiro atoms. The second-order valence-corrected chi connectivity index (χ2v) is 7.15. The number of benzene rings is 2. The molecule has 2 heterocycles. The van der Waals surface area contributed by atoms with Gasteiger partial charge in [0.2, 0.25) is 0 Å². The number of thiazole rings is 1. The van der Waals surface area contributed by atoms with Crippen molar-refractivity contribution in [3.8, 4) is 5.75 Å². The van der Waals surface area contributed by atoms with E-state index < -0.39 is 0 Å². The first-order valence-electron chi connectivity index (χ1n) is 9.05. The van der Waals surface area contributed by atoms with Gasteiger partial charge in [-0.1, -0.05) is 35.6 Å². The van der Waals surface area contributed by atoms with Crippen molar-refractivity contribution >= 4 is 32.6 Å². The number of carbonyl (C=O) groups is 1. The highest BCUT2D eigenvalue weighted by molar-refractivity contribution is 7.22. The van der Waals surface area contributed by atoms with E-state index in [0.717, 1.165) is 21.7 Å². The Balaban J connectivity index is 1.74. The Kier molecular flexibility index (Phi) is 5.30. The maximum Gasteiger partial charge on any atom is 0.260 e. The van der Waals surface area contributed by atoms with E-state index in [0.29, 0.717) is 23.8 Å². The van der Waals surface area contributed by atoms with Crippen LogP contribution in [0, 0.1) is 0 Å². The van der Waals surface area contributed by atoms with Crippen LogP contribution in [0.25, 0.3) is 10.2 Å². The van der Waals surface area contributed by atoms with Crippen molar-refractivity contribution in [3.05, 3.63) is 84.2 Å². The Hall–Kier alpha value is -3.25. The van der Waals surface area contributed by atoms with Gasteiger partial charge < -0.3 is 4.74 Å². The summed E-state index contributed by atoms with van der Waals surface area (Å²) in [7, 11) is 0. The van der Waals surface area contributed by atoms with E-state index >= 15 is 0 Å². The molecule has 0 aliphatic rings. The van der Waals surface area contributed by atoms with Gasteiger partial charge in [0.25, 0.3) is 5.91 Å². The van der Waals surface area contributed by atoms with Crippen LogP contribution in [-0.4, -0.2) is 22.5 Å². The molecule has 0 aliphatic heterocycles. The lowest BCUT2D eigenvalue weighted by Crippen LogP contribution is -2.30. The fourth-order valence-corrected chi connectivity index (χ4v) is 3.87. The summed E-state index contributed by atoms with van der Waals surface area (Å²) in [6.45, 7) is 2.91. The largest absolute Gasteiger partial charge is 0.494 e. The minimum Gasteiger partial charge on any atom is -0.494 e. The summed E-state index contributed by atoms with van der Waals surface area (Å²) in [5, 5.41) is 0.642. The smallest absolute Gasteiger partial charge is 0.260 e. The molecule has 2 aromatic carbocycles. The van der Waals surface area contributed by atoms with E-state index in [4.69, 9.17) is 9.72 Å². The SMILES string of the molecule is CCOc1ccc2nc(N(Cc3ccccn3)C(=O)c3ccccc3)sc2c1. The molecule has 0 fully saturated rings. The van der Waals surface area contributed by atoms with Crippen molar-refractivity contribution in [1.82, 2.24) is 9.97 Å². The zero-order valence-electron chi connectivity index (χ0n) is 15.4. The molecule has 0 radical (unpaired) electrons. The molecule has 0 aliphatic carbocycles. The average Bonchev–Trinajstić information content (AvgIpc) is 3.16. The predicted octanol–water partition coefficient (Wildman–Crippen LogP) is 4.94. The number of pyridine rings is 1. The summed E-state index contributed by atoms with van der Waals surface area (Å²) < 4.78 is 6.56. The van der Waals surface area contributed by atoms with Crippen LogP contribution in [0.3, 0.4) is 0 Å². The van der Waals surface area contributed by atoms with E-state index in [2.05, 4.69) is 4.98 Å². The van der Waals surface area contributed by atoms with Gasteiger partial charge in [-0.15, -0.1) is 0 Å². The summed E-state index contributed by atoms with van der Waals surface area (Å²) in [5.74, 6) is 0.700. The quantitative estimate of drug-likeness (QED) is 0.469. The molecular weight excluding hydrogens is 370 g/mol. The second-order valence-electron chi connectivity index (χ2n) is 6.14. The van der Waals surface area contributed by atoms with Crippen LogP contribution < -0.4 is 9.64 Å². The van der Waals surface area contributed by atoms with Gasteiger partial charge in [0, 0.05) is 11.8 Å². The molecule has 4 rings (SSSR count). The highest BCUT2D eigenvalue weighted by atomic mass is 32.1. The Morgan fingerprint density at radius 3 is 2.64 bits per heavy atom. The zero-order chi connectivity index (χ0) is 19.3. The third kappa shape index (κ3) is 3.87. The highest BCUT2D eigenvalue weighted by Gasteiger charge is 2.22. The molecular formula is C22H19N3O2S. The number of rotatable bonds is 6. The number of anilines is 1. The van der Waals surface area contributed by atoms with Crippen LogP contribution in [0.4, 0.5) is 5.13 Å². The lowest BCUT2D eigenvalue weighted by Gasteiger charge is -2.19. The summed E-state index contributed by atoms with van der Waals surface area (Å²) >= 11 is 1.47. The Bertz CT molecular complexity index is 1080. The van der Waals surface area contributed by atoms with Crippen molar-refractivity contribution < 1.29 is 9.53 Å². The van der Waals surface area contributed by atoms with Crippen LogP contribution in [0.5, 0.6) is 5.75 Å². The number of nitrogens with zero attached hydrogens (tertiary/aromatic N) is 3. The van der Waals surface area contributed by atoms with Crippen LogP contribution in [-0.2, 0) is 6.54 Å². The molecule has 0 N–H and O–H groups in total. The highest BCUT2D eigenvalue weighted by Crippen LogP contribution is 2.33. The normalized spacial score (nSPS) is 10.8. The first kappa shape index (κ1) is 18.1. The first-order valence-corrected chi connectivity index (χ1v) is 9.86. The van der Waals surface area contributed by atoms with Crippen molar-refractivity contribution in [1.29, 1.82) is 0 Å². The average molecular weight is 389 g/mol. The number of aromatic nitrogens is 2. The van der Waals surface area contributed by atoms with Crippen molar-refractivity contribution in [2.45, 2.75) is 13.5 Å². The van der Waals surface area contributed by atoms with E-state index in [9.17, 15) is 4.79 Å². The fourth-order valence-electron chi connectivity index (χ4n) is 2.88. The van der Waals surface area contributed by atoms with Crippen molar-refractivity contribution in [2.24, 2.45) is 0 Å². The lowest BCUT2D eigenvalue weighted by molar-refractivity contribution is 0.0985. The van der Waals surface area contributed by atoms with Gasteiger partial charge in [-0.2, -0.15) is 0 Å². The van der Waals surface area contributed by atoms with Gasteiger partial charge in [-0.3, -0.25) is 14.7 Å². The minimum absolute atomic E-state index is 0.102. The monoisotopic (exact) mass is 389 g/mol. The number of amides is 1. The van der Waals surface area contributed by atoms with Gasteiger partial charge in [0.15, 0.2) is 5.13 Å². The summed E-state index contributed by atoms with van der Waals surface area (Å²) in [5.41, 5.74) is 2.27. The lowest BCUT2D eigenvalue weighted by atomic mass is 10.2. The van der Waals surface area contributed by atoms with Gasteiger partial charge in [-0.05, 0) is 49.4 Å². The third-order valence-electron chi connectivity index (χ3n) is 4.20.